The maximum atomic E-state index is 12.0. The molecule has 1 aromatic rings. The predicted molar refractivity (Wildman–Crippen MR) is 118 cm³/mol. The van der Waals surface area contributed by atoms with Crippen LogP contribution < -0.4 is 15.8 Å². The van der Waals surface area contributed by atoms with Crippen molar-refractivity contribution in [3.8, 4) is 5.75 Å². The van der Waals surface area contributed by atoms with E-state index >= 15 is 0 Å². The summed E-state index contributed by atoms with van der Waals surface area (Å²) >= 11 is 0. The fourth-order valence-corrected chi connectivity index (χ4v) is 2.82. The predicted octanol–water partition coefficient (Wildman–Crippen LogP) is 2.62. The van der Waals surface area contributed by atoms with Crippen molar-refractivity contribution in [2.24, 2.45) is 5.73 Å². The van der Waals surface area contributed by atoms with Crippen molar-refractivity contribution < 1.29 is 24.2 Å². The standard InChI is InChI=1S/C23H38N2O5/c1-22(2,28)11-15-30-23(3,4)10-13-25-21(27)6-5-14-29-20-8-7-19(17-26)18(16-20)9-12-24/h7-8,16-17,28H,5-6,9-15,24H2,1-4H3,(H,25,27). The summed E-state index contributed by atoms with van der Waals surface area (Å²) in [5.74, 6) is 0.653. The number of hydrogen-bond donors (Lipinski definition) is 3. The first-order valence-electron chi connectivity index (χ1n) is 10.6. The van der Waals surface area contributed by atoms with Gasteiger partial charge in [0.25, 0.3) is 0 Å². The van der Waals surface area contributed by atoms with Gasteiger partial charge in [0.1, 0.15) is 12.0 Å². The minimum atomic E-state index is -0.741. The average molecular weight is 423 g/mol. The molecule has 0 spiro atoms. The molecule has 0 aliphatic rings. The topological polar surface area (TPSA) is 111 Å². The molecular formula is C23H38N2O5. The second-order valence-corrected chi connectivity index (χ2v) is 8.74. The summed E-state index contributed by atoms with van der Waals surface area (Å²) < 4.78 is 11.5. The molecule has 7 heteroatoms. The van der Waals surface area contributed by atoms with Crippen molar-refractivity contribution >= 4 is 12.2 Å². The van der Waals surface area contributed by atoms with E-state index < -0.39 is 5.60 Å². The largest absolute Gasteiger partial charge is 0.494 e. The summed E-state index contributed by atoms with van der Waals surface area (Å²) in [6.07, 6.45) is 3.66. The van der Waals surface area contributed by atoms with Gasteiger partial charge in [-0.3, -0.25) is 9.59 Å². The first-order valence-corrected chi connectivity index (χ1v) is 10.6. The fourth-order valence-electron chi connectivity index (χ4n) is 2.82. The first-order chi connectivity index (χ1) is 14.1. The molecule has 4 N–H and O–H groups in total. The molecule has 0 radical (unpaired) electrons. The maximum Gasteiger partial charge on any atom is 0.220 e. The van der Waals surface area contributed by atoms with E-state index in [-0.39, 0.29) is 11.5 Å². The van der Waals surface area contributed by atoms with E-state index in [9.17, 15) is 14.7 Å². The number of nitrogens with one attached hydrogen (secondary N) is 1. The van der Waals surface area contributed by atoms with Crippen molar-refractivity contribution in [3.05, 3.63) is 29.3 Å². The Labute approximate surface area is 180 Å². The van der Waals surface area contributed by atoms with Crippen molar-refractivity contribution in [1.29, 1.82) is 0 Å². The molecule has 170 valence electrons. The van der Waals surface area contributed by atoms with Crippen LogP contribution in [0, 0.1) is 0 Å². The molecule has 0 bridgehead atoms. The van der Waals surface area contributed by atoms with Gasteiger partial charge in [0.15, 0.2) is 0 Å². The van der Waals surface area contributed by atoms with Gasteiger partial charge in [0.2, 0.25) is 5.91 Å². The third-order valence-corrected chi connectivity index (χ3v) is 4.73. The lowest BCUT2D eigenvalue weighted by molar-refractivity contribution is -0.121. The molecule has 1 rings (SSSR count). The number of rotatable bonds is 15. The number of carbonyl (C=O) groups excluding carboxylic acids is 2. The van der Waals surface area contributed by atoms with E-state index in [1.807, 2.05) is 19.9 Å². The Morgan fingerprint density at radius 3 is 2.57 bits per heavy atom. The van der Waals surface area contributed by atoms with Gasteiger partial charge in [0, 0.05) is 18.5 Å². The van der Waals surface area contributed by atoms with Crippen LogP contribution >= 0.6 is 0 Å². The molecule has 0 unspecified atom stereocenters. The number of carbonyl (C=O) groups is 2. The average Bonchev–Trinajstić information content (AvgIpc) is 2.64. The summed E-state index contributed by atoms with van der Waals surface area (Å²) in [5, 5.41) is 12.6. The summed E-state index contributed by atoms with van der Waals surface area (Å²) in [5.41, 5.74) is 5.97. The molecule has 0 fully saturated rings. The summed E-state index contributed by atoms with van der Waals surface area (Å²) in [4.78, 5) is 23.1. The number of hydrogen-bond acceptors (Lipinski definition) is 6. The molecule has 0 heterocycles. The van der Waals surface area contributed by atoms with Gasteiger partial charge in [-0.2, -0.15) is 0 Å². The quantitative estimate of drug-likeness (QED) is 0.296. The summed E-state index contributed by atoms with van der Waals surface area (Å²) in [6, 6.07) is 5.31. The molecule has 1 amide bonds. The molecule has 1 aromatic carbocycles. The Hall–Kier alpha value is -1.96. The van der Waals surface area contributed by atoms with Gasteiger partial charge >= 0.3 is 0 Å². The molecular weight excluding hydrogens is 384 g/mol. The second-order valence-electron chi connectivity index (χ2n) is 8.74. The third-order valence-electron chi connectivity index (χ3n) is 4.73. The van der Waals surface area contributed by atoms with Crippen LogP contribution in [0.25, 0.3) is 0 Å². The van der Waals surface area contributed by atoms with Crippen LogP contribution in [0.15, 0.2) is 18.2 Å². The Morgan fingerprint density at radius 2 is 1.93 bits per heavy atom. The smallest absolute Gasteiger partial charge is 0.220 e. The molecule has 30 heavy (non-hydrogen) atoms. The van der Waals surface area contributed by atoms with Crippen molar-refractivity contribution in [2.75, 3.05) is 26.3 Å². The van der Waals surface area contributed by atoms with Gasteiger partial charge in [-0.25, -0.2) is 0 Å². The molecule has 0 atom stereocenters. The fraction of sp³-hybridized carbons (Fsp3) is 0.652. The van der Waals surface area contributed by atoms with Crippen LogP contribution in [0.4, 0.5) is 0 Å². The molecule has 7 nitrogen and oxygen atoms in total. The minimum Gasteiger partial charge on any atom is -0.494 e. The van der Waals surface area contributed by atoms with Gasteiger partial charge in [-0.15, -0.1) is 0 Å². The van der Waals surface area contributed by atoms with Gasteiger partial charge in [-0.05, 0) is 83.7 Å². The van der Waals surface area contributed by atoms with Crippen LogP contribution in [0.5, 0.6) is 5.75 Å². The maximum absolute atomic E-state index is 12.0. The molecule has 0 aliphatic carbocycles. The second kappa shape index (κ2) is 12.7. The number of ether oxygens (including phenoxy) is 2. The van der Waals surface area contributed by atoms with E-state index in [1.54, 1.807) is 26.0 Å². The monoisotopic (exact) mass is 422 g/mol. The molecule has 0 aromatic heterocycles. The van der Waals surface area contributed by atoms with Crippen LogP contribution in [-0.4, -0.2) is 54.8 Å². The van der Waals surface area contributed by atoms with Crippen LogP contribution in [0.3, 0.4) is 0 Å². The van der Waals surface area contributed by atoms with Crippen molar-refractivity contribution in [1.82, 2.24) is 5.32 Å². The first kappa shape index (κ1) is 26.1. The van der Waals surface area contributed by atoms with E-state index in [0.717, 1.165) is 11.8 Å². The molecule has 0 saturated carbocycles. The normalized spacial score (nSPS) is 11.9. The third kappa shape index (κ3) is 11.3. The van der Waals surface area contributed by atoms with E-state index in [2.05, 4.69) is 5.32 Å². The summed E-state index contributed by atoms with van der Waals surface area (Å²) in [6.45, 7) is 9.36. The lowest BCUT2D eigenvalue weighted by Crippen LogP contribution is -2.34. The van der Waals surface area contributed by atoms with Gasteiger partial charge in [0.05, 0.1) is 24.4 Å². The number of nitrogens with two attached hydrogens (primary N) is 1. The lowest BCUT2D eigenvalue weighted by atomic mass is 10.0. The van der Waals surface area contributed by atoms with E-state index in [0.29, 0.717) is 69.7 Å². The highest BCUT2D eigenvalue weighted by molar-refractivity contribution is 5.77. The Kier molecular flexibility index (Phi) is 11.0. The number of aldehydes is 1. The number of amides is 1. The Bertz CT molecular complexity index is 668. The van der Waals surface area contributed by atoms with Crippen molar-refractivity contribution in [2.45, 2.75) is 71.0 Å². The highest BCUT2D eigenvalue weighted by Crippen LogP contribution is 2.18. The Morgan fingerprint density at radius 1 is 1.20 bits per heavy atom. The highest BCUT2D eigenvalue weighted by atomic mass is 16.5. The highest BCUT2D eigenvalue weighted by Gasteiger charge is 2.20. The zero-order valence-electron chi connectivity index (χ0n) is 18.8. The van der Waals surface area contributed by atoms with Crippen LogP contribution in [0.2, 0.25) is 0 Å². The Balaban J connectivity index is 2.24. The van der Waals surface area contributed by atoms with E-state index in [1.165, 1.54) is 0 Å². The van der Waals surface area contributed by atoms with Gasteiger partial charge in [-0.1, -0.05) is 0 Å². The van der Waals surface area contributed by atoms with Crippen LogP contribution in [-0.2, 0) is 16.0 Å². The zero-order valence-corrected chi connectivity index (χ0v) is 18.8. The zero-order chi connectivity index (χ0) is 22.6. The van der Waals surface area contributed by atoms with Crippen molar-refractivity contribution in [3.63, 3.8) is 0 Å². The molecule has 0 saturated heterocycles. The minimum absolute atomic E-state index is 0.0222. The van der Waals surface area contributed by atoms with Gasteiger partial charge < -0.3 is 25.6 Å². The molecule has 0 aliphatic heterocycles. The summed E-state index contributed by atoms with van der Waals surface area (Å²) in [7, 11) is 0. The van der Waals surface area contributed by atoms with E-state index in [4.69, 9.17) is 15.2 Å². The lowest BCUT2D eigenvalue weighted by Gasteiger charge is -2.27. The van der Waals surface area contributed by atoms with Crippen LogP contribution in [0.1, 0.15) is 69.3 Å². The SMILES string of the molecule is CC(C)(O)CCOC(C)(C)CCNC(=O)CCCOc1ccc(C=O)c(CCN)c1. The number of benzene rings is 1. The number of aliphatic hydroxyl groups is 1.